The maximum atomic E-state index is 13.1. The molecule has 0 spiro atoms. The lowest BCUT2D eigenvalue weighted by atomic mass is 10.1. The zero-order valence-corrected chi connectivity index (χ0v) is 13.5. The van der Waals surface area contributed by atoms with Crippen LogP contribution in [0.25, 0.3) is 0 Å². The maximum Gasteiger partial charge on any atom is 0.290 e. The van der Waals surface area contributed by atoms with E-state index >= 15 is 0 Å². The molecule has 0 aliphatic carbocycles. The van der Waals surface area contributed by atoms with E-state index in [1.54, 1.807) is 18.6 Å². The van der Waals surface area contributed by atoms with Gasteiger partial charge >= 0.3 is 0 Å². The summed E-state index contributed by atoms with van der Waals surface area (Å²) >= 11 is 5.72. The van der Waals surface area contributed by atoms with E-state index in [4.69, 9.17) is 26.6 Å². The van der Waals surface area contributed by atoms with Gasteiger partial charge in [-0.1, -0.05) is 28.9 Å². The first-order valence-corrected chi connectivity index (χ1v) is 7.57. The third-order valence-corrected chi connectivity index (χ3v) is 3.51. The first-order chi connectivity index (χ1) is 12.0. The van der Waals surface area contributed by atoms with Crippen molar-refractivity contribution in [1.82, 2.24) is 10.1 Å². The Morgan fingerprint density at radius 2 is 1.96 bits per heavy atom. The molecule has 6 nitrogen and oxygen atoms in total. The molecule has 3 aromatic rings. The normalized spacial score (nSPS) is 10.6. The number of nitrogens with two attached hydrogens (primary N) is 1. The summed E-state index contributed by atoms with van der Waals surface area (Å²) in [6, 6.07) is 11.4. The van der Waals surface area contributed by atoms with Gasteiger partial charge in [0.15, 0.2) is 0 Å². The predicted octanol–water partition coefficient (Wildman–Crippen LogP) is 3.55. The minimum absolute atomic E-state index is 0.00129. The van der Waals surface area contributed by atoms with Gasteiger partial charge in [0.25, 0.3) is 11.7 Å². The van der Waals surface area contributed by atoms with Crippen molar-refractivity contribution in [3.63, 3.8) is 0 Å². The van der Waals surface area contributed by atoms with Gasteiger partial charge < -0.3 is 15.0 Å². The van der Waals surface area contributed by atoms with E-state index in [9.17, 15) is 9.18 Å². The summed E-state index contributed by atoms with van der Waals surface area (Å²) in [6.45, 7) is 0. The van der Waals surface area contributed by atoms with Crippen molar-refractivity contribution >= 4 is 17.5 Å². The number of primary amides is 1. The molecule has 0 fully saturated rings. The zero-order valence-electron chi connectivity index (χ0n) is 12.8. The SMILES string of the molecule is NC(=O)c1noc([CH]Cc2ccc(Oc3ccc(F)c(Cl)c3)cc2)n1. The summed E-state index contributed by atoms with van der Waals surface area (Å²) in [6.07, 6.45) is 2.19. The van der Waals surface area contributed by atoms with Crippen molar-refractivity contribution in [2.45, 2.75) is 6.42 Å². The number of rotatable bonds is 6. The van der Waals surface area contributed by atoms with Crippen molar-refractivity contribution in [1.29, 1.82) is 0 Å². The Balaban J connectivity index is 1.59. The summed E-state index contributed by atoms with van der Waals surface area (Å²) in [5.41, 5.74) is 6.01. The molecule has 1 amide bonds. The summed E-state index contributed by atoms with van der Waals surface area (Å²) in [5.74, 6) is -0.162. The second-order valence-corrected chi connectivity index (χ2v) is 5.46. The highest BCUT2D eigenvalue weighted by atomic mass is 35.5. The molecule has 1 heterocycles. The van der Waals surface area contributed by atoms with Crippen LogP contribution in [0, 0.1) is 12.2 Å². The molecule has 2 aromatic carbocycles. The van der Waals surface area contributed by atoms with Crippen LogP contribution in [-0.4, -0.2) is 16.0 Å². The number of benzene rings is 2. The van der Waals surface area contributed by atoms with Crippen LogP contribution in [0.3, 0.4) is 0 Å². The fourth-order valence-corrected chi connectivity index (χ4v) is 2.16. The van der Waals surface area contributed by atoms with Crippen molar-refractivity contribution < 1.29 is 18.4 Å². The largest absolute Gasteiger partial charge is 0.457 e. The molecule has 25 heavy (non-hydrogen) atoms. The second-order valence-electron chi connectivity index (χ2n) is 5.05. The molecule has 1 radical (unpaired) electrons. The molecule has 1 aromatic heterocycles. The summed E-state index contributed by atoms with van der Waals surface area (Å²) in [5, 5.41) is 3.45. The molecule has 2 N–H and O–H groups in total. The van der Waals surface area contributed by atoms with Crippen molar-refractivity contribution in [3.8, 4) is 11.5 Å². The highest BCUT2D eigenvalue weighted by Crippen LogP contribution is 2.26. The molecule has 0 unspecified atom stereocenters. The number of nitrogens with zero attached hydrogens (tertiary/aromatic N) is 2. The third-order valence-electron chi connectivity index (χ3n) is 3.22. The molecular weight excluding hydrogens is 349 g/mol. The average molecular weight is 361 g/mol. The fraction of sp³-hybridized carbons (Fsp3) is 0.0588. The fourth-order valence-electron chi connectivity index (χ4n) is 1.99. The number of amides is 1. The smallest absolute Gasteiger partial charge is 0.290 e. The van der Waals surface area contributed by atoms with E-state index in [2.05, 4.69) is 10.1 Å². The Hall–Kier alpha value is -2.93. The lowest BCUT2D eigenvalue weighted by molar-refractivity contribution is 0.0987. The Kier molecular flexibility index (Phi) is 4.95. The molecule has 8 heteroatoms. The summed E-state index contributed by atoms with van der Waals surface area (Å²) in [4.78, 5) is 14.7. The lowest BCUT2D eigenvalue weighted by Crippen LogP contribution is -2.12. The van der Waals surface area contributed by atoms with E-state index in [1.807, 2.05) is 12.1 Å². The van der Waals surface area contributed by atoms with Gasteiger partial charge in [-0.2, -0.15) is 4.98 Å². The standard InChI is InChI=1S/C17H12ClFN3O3/c18-13-9-12(6-7-14(13)19)24-11-4-1-10(2-5-11)3-8-15-21-17(16(20)23)22-25-15/h1-2,4-9H,3H2,(H2,20,23). The second kappa shape index (κ2) is 7.31. The van der Waals surface area contributed by atoms with E-state index in [0.29, 0.717) is 17.9 Å². The van der Waals surface area contributed by atoms with Gasteiger partial charge in [-0.3, -0.25) is 4.79 Å². The molecule has 0 bridgehead atoms. The number of ether oxygens (including phenoxy) is 1. The van der Waals surface area contributed by atoms with Gasteiger partial charge in [-0.15, -0.1) is 0 Å². The average Bonchev–Trinajstić information content (AvgIpc) is 3.07. The first-order valence-electron chi connectivity index (χ1n) is 7.20. The van der Waals surface area contributed by atoms with Gasteiger partial charge in [-0.05, 0) is 36.2 Å². The number of aromatic nitrogens is 2. The maximum absolute atomic E-state index is 13.1. The number of carbonyl (C=O) groups excluding carboxylic acids is 1. The van der Waals surface area contributed by atoms with Crippen molar-refractivity contribution in [2.75, 3.05) is 0 Å². The number of hydrogen-bond acceptors (Lipinski definition) is 5. The van der Waals surface area contributed by atoms with Crippen LogP contribution in [0.2, 0.25) is 5.02 Å². The van der Waals surface area contributed by atoms with Gasteiger partial charge in [0.05, 0.1) is 11.4 Å². The van der Waals surface area contributed by atoms with Gasteiger partial charge in [0, 0.05) is 6.07 Å². The van der Waals surface area contributed by atoms with Gasteiger partial charge in [0.1, 0.15) is 17.3 Å². The van der Waals surface area contributed by atoms with Crippen LogP contribution in [0.4, 0.5) is 4.39 Å². The highest BCUT2D eigenvalue weighted by Gasteiger charge is 2.11. The Bertz CT molecular complexity index is 896. The molecule has 0 aliphatic heterocycles. The minimum atomic E-state index is -0.745. The topological polar surface area (TPSA) is 91.2 Å². The molecule has 0 atom stereocenters. The third kappa shape index (κ3) is 4.33. The molecule has 0 saturated heterocycles. The monoisotopic (exact) mass is 360 g/mol. The van der Waals surface area contributed by atoms with Crippen LogP contribution >= 0.6 is 11.6 Å². The van der Waals surface area contributed by atoms with Crippen LogP contribution in [0.15, 0.2) is 47.0 Å². The van der Waals surface area contributed by atoms with Crippen LogP contribution in [0.5, 0.6) is 11.5 Å². The Morgan fingerprint density at radius 1 is 1.24 bits per heavy atom. The number of halogens is 2. The van der Waals surface area contributed by atoms with Gasteiger partial charge in [-0.25, -0.2) is 4.39 Å². The van der Waals surface area contributed by atoms with E-state index in [1.165, 1.54) is 18.2 Å². The van der Waals surface area contributed by atoms with E-state index in [0.717, 1.165) is 5.56 Å². The quantitative estimate of drug-likeness (QED) is 0.725. The highest BCUT2D eigenvalue weighted by molar-refractivity contribution is 6.30. The molecule has 127 valence electrons. The lowest BCUT2D eigenvalue weighted by Gasteiger charge is -2.07. The summed E-state index contributed by atoms with van der Waals surface area (Å²) < 4.78 is 23.6. The van der Waals surface area contributed by atoms with Crippen molar-refractivity contribution in [2.24, 2.45) is 5.73 Å². The molecule has 0 saturated carbocycles. The zero-order chi connectivity index (χ0) is 17.8. The van der Waals surface area contributed by atoms with Gasteiger partial charge in [0.2, 0.25) is 5.89 Å². The van der Waals surface area contributed by atoms with E-state index < -0.39 is 11.7 Å². The summed E-state index contributed by atoms with van der Waals surface area (Å²) in [7, 11) is 0. The molecule has 3 rings (SSSR count). The van der Waals surface area contributed by atoms with Crippen LogP contribution in [0.1, 0.15) is 22.1 Å². The van der Waals surface area contributed by atoms with Crippen molar-refractivity contribution in [3.05, 3.63) is 77.0 Å². The predicted molar refractivity (Wildman–Crippen MR) is 87.8 cm³/mol. The minimum Gasteiger partial charge on any atom is -0.457 e. The molecular formula is C17H12ClFN3O3. The van der Waals surface area contributed by atoms with E-state index in [-0.39, 0.29) is 16.7 Å². The Morgan fingerprint density at radius 3 is 2.60 bits per heavy atom. The van der Waals surface area contributed by atoms with Crippen LogP contribution in [-0.2, 0) is 6.42 Å². The Labute approximate surface area is 147 Å². The van der Waals surface area contributed by atoms with Crippen LogP contribution < -0.4 is 10.5 Å². The first kappa shape index (κ1) is 16.9. The number of hydrogen-bond donors (Lipinski definition) is 1. The molecule has 0 aliphatic rings. The number of carbonyl (C=O) groups is 1.